The first-order valence-corrected chi connectivity index (χ1v) is 5.24. The van der Waals surface area contributed by atoms with Crippen LogP contribution in [0, 0.1) is 0 Å². The van der Waals surface area contributed by atoms with Crippen LogP contribution in [-0.4, -0.2) is 25.1 Å². The van der Waals surface area contributed by atoms with Gasteiger partial charge in [0.1, 0.15) is 10.7 Å². The van der Waals surface area contributed by atoms with E-state index in [1.165, 1.54) is 6.20 Å². The zero-order chi connectivity index (χ0) is 11.7. The van der Waals surface area contributed by atoms with Gasteiger partial charge in [-0.25, -0.2) is 4.98 Å². The van der Waals surface area contributed by atoms with Crippen molar-refractivity contribution in [1.29, 1.82) is 0 Å². The van der Waals surface area contributed by atoms with E-state index in [9.17, 15) is 0 Å². The summed E-state index contributed by atoms with van der Waals surface area (Å²) in [5.41, 5.74) is 1.60. The number of hydrogen-bond donors (Lipinski definition) is 2. The minimum atomic E-state index is 0.322. The molecule has 0 aromatic carbocycles. The van der Waals surface area contributed by atoms with E-state index < -0.39 is 0 Å². The van der Waals surface area contributed by atoms with Crippen molar-refractivity contribution < 1.29 is 0 Å². The summed E-state index contributed by atoms with van der Waals surface area (Å²) < 4.78 is 0. The largest absolute Gasteiger partial charge is 0.320 e. The van der Waals surface area contributed by atoms with Gasteiger partial charge in [0.25, 0.3) is 0 Å². The lowest BCUT2D eigenvalue weighted by Gasteiger charge is -2.01. The molecule has 0 saturated heterocycles. The molecule has 0 aliphatic rings. The van der Waals surface area contributed by atoms with Crippen LogP contribution in [0.5, 0.6) is 0 Å². The quantitative estimate of drug-likeness (QED) is 0.724. The summed E-state index contributed by atoms with van der Waals surface area (Å²) >= 11 is 5.75. The Kier molecular flexibility index (Phi) is 2.34. The average molecular weight is 247 g/mol. The summed E-state index contributed by atoms with van der Waals surface area (Å²) in [4.78, 5) is 12.2. The van der Waals surface area contributed by atoms with E-state index in [1.807, 2.05) is 12.1 Å². The lowest BCUT2D eigenvalue weighted by Crippen LogP contribution is -1.95. The second-order valence-corrected chi connectivity index (χ2v) is 3.71. The Morgan fingerprint density at radius 2 is 2.24 bits per heavy atom. The molecule has 2 N–H and O–H groups in total. The number of halogens is 1. The van der Waals surface area contributed by atoms with E-state index >= 15 is 0 Å². The predicted molar refractivity (Wildman–Crippen MR) is 64.2 cm³/mol. The number of aromatic nitrogens is 5. The zero-order valence-electron chi connectivity index (χ0n) is 8.55. The topological polar surface area (TPSA) is 79.4 Å². The normalized spacial score (nSPS) is 10.6. The van der Waals surface area contributed by atoms with E-state index in [1.54, 1.807) is 12.4 Å². The molecule has 3 rings (SSSR count). The van der Waals surface area contributed by atoms with Gasteiger partial charge in [0, 0.05) is 6.20 Å². The minimum absolute atomic E-state index is 0.322. The Hall–Kier alpha value is -2.21. The van der Waals surface area contributed by atoms with Crippen LogP contribution in [0.4, 0.5) is 11.6 Å². The molecule has 17 heavy (non-hydrogen) atoms. The average Bonchev–Trinajstić information content (AvgIpc) is 2.73. The molecule has 0 fully saturated rings. The first-order valence-electron chi connectivity index (χ1n) is 4.86. The molecule has 6 nitrogen and oxygen atoms in total. The summed E-state index contributed by atoms with van der Waals surface area (Å²) in [6.07, 6.45) is 4.73. The van der Waals surface area contributed by atoms with Crippen LogP contribution in [0.1, 0.15) is 0 Å². The first-order chi connectivity index (χ1) is 8.33. The standard InChI is InChI=1S/C10H7ClN6/c11-7-4-12-5-8(14-7)15-10-9-6(16-17-10)2-1-3-13-9/h1-5H,(H2,14,15,16,17). The van der Waals surface area contributed by atoms with Crippen molar-refractivity contribution in [2.45, 2.75) is 0 Å². The van der Waals surface area contributed by atoms with Gasteiger partial charge in [0.2, 0.25) is 0 Å². The van der Waals surface area contributed by atoms with Gasteiger partial charge in [-0.2, -0.15) is 5.10 Å². The number of H-pyrrole nitrogens is 1. The lowest BCUT2D eigenvalue weighted by atomic mass is 10.4. The third-order valence-corrected chi connectivity index (χ3v) is 2.35. The van der Waals surface area contributed by atoms with Crippen molar-refractivity contribution in [2.24, 2.45) is 0 Å². The molecule has 0 aliphatic carbocycles. The molecule has 0 radical (unpaired) electrons. The maximum Gasteiger partial charge on any atom is 0.180 e. The molecular formula is C10H7ClN6. The van der Waals surface area contributed by atoms with Crippen LogP contribution in [-0.2, 0) is 0 Å². The third kappa shape index (κ3) is 1.90. The fourth-order valence-corrected chi connectivity index (χ4v) is 1.61. The Labute approximate surface area is 101 Å². The fraction of sp³-hybridized carbons (Fsp3) is 0. The van der Waals surface area contributed by atoms with Gasteiger partial charge in [0.15, 0.2) is 11.6 Å². The molecule has 7 heteroatoms. The molecule has 0 aliphatic heterocycles. The molecule has 3 heterocycles. The molecule has 3 aromatic rings. The molecule has 84 valence electrons. The fourth-order valence-electron chi connectivity index (χ4n) is 1.46. The molecule has 0 saturated carbocycles. The monoisotopic (exact) mass is 246 g/mol. The highest BCUT2D eigenvalue weighted by molar-refractivity contribution is 6.29. The van der Waals surface area contributed by atoms with Crippen LogP contribution in [0.15, 0.2) is 30.7 Å². The SMILES string of the molecule is Clc1cncc(Nc2n[nH]c3cccnc23)n1. The molecule has 0 bridgehead atoms. The summed E-state index contributed by atoms with van der Waals surface area (Å²) in [6, 6.07) is 3.73. The Bertz CT molecular complexity index is 664. The van der Waals surface area contributed by atoms with Gasteiger partial charge < -0.3 is 5.32 Å². The molecule has 0 amide bonds. The van der Waals surface area contributed by atoms with E-state index in [2.05, 4.69) is 30.5 Å². The highest BCUT2D eigenvalue weighted by Crippen LogP contribution is 2.20. The number of anilines is 2. The summed E-state index contributed by atoms with van der Waals surface area (Å²) in [5, 5.41) is 10.3. The Morgan fingerprint density at radius 3 is 3.12 bits per heavy atom. The smallest absolute Gasteiger partial charge is 0.180 e. The number of hydrogen-bond acceptors (Lipinski definition) is 5. The first kappa shape index (κ1) is 9.98. The maximum atomic E-state index is 5.75. The molecular weight excluding hydrogens is 240 g/mol. The van der Waals surface area contributed by atoms with Crippen LogP contribution in [0.25, 0.3) is 11.0 Å². The van der Waals surface area contributed by atoms with Crippen LogP contribution in [0.2, 0.25) is 5.15 Å². The van der Waals surface area contributed by atoms with E-state index in [0.717, 1.165) is 11.0 Å². The Balaban J connectivity index is 2.00. The van der Waals surface area contributed by atoms with Gasteiger partial charge >= 0.3 is 0 Å². The van der Waals surface area contributed by atoms with E-state index in [-0.39, 0.29) is 0 Å². The number of fused-ring (bicyclic) bond motifs is 1. The van der Waals surface area contributed by atoms with Crippen molar-refractivity contribution >= 4 is 34.3 Å². The summed E-state index contributed by atoms with van der Waals surface area (Å²) in [5.74, 6) is 1.12. The molecule has 3 aromatic heterocycles. The highest BCUT2D eigenvalue weighted by atomic mass is 35.5. The second-order valence-electron chi connectivity index (χ2n) is 3.32. The second kappa shape index (κ2) is 3.99. The molecule has 0 unspecified atom stereocenters. The van der Waals surface area contributed by atoms with E-state index in [4.69, 9.17) is 11.6 Å². The summed E-state index contributed by atoms with van der Waals surface area (Å²) in [6.45, 7) is 0. The van der Waals surface area contributed by atoms with Gasteiger partial charge in [0.05, 0.1) is 17.9 Å². The number of rotatable bonds is 2. The number of nitrogens with one attached hydrogen (secondary N) is 2. The minimum Gasteiger partial charge on any atom is -0.320 e. The van der Waals surface area contributed by atoms with Crippen molar-refractivity contribution in [3.63, 3.8) is 0 Å². The van der Waals surface area contributed by atoms with Crippen LogP contribution < -0.4 is 5.32 Å². The number of aromatic amines is 1. The number of pyridine rings is 1. The van der Waals surface area contributed by atoms with Crippen LogP contribution >= 0.6 is 11.6 Å². The van der Waals surface area contributed by atoms with Crippen molar-refractivity contribution in [2.75, 3.05) is 5.32 Å². The van der Waals surface area contributed by atoms with Crippen molar-refractivity contribution in [1.82, 2.24) is 25.1 Å². The summed E-state index contributed by atoms with van der Waals surface area (Å²) in [7, 11) is 0. The Morgan fingerprint density at radius 1 is 1.29 bits per heavy atom. The molecule has 0 spiro atoms. The molecule has 0 atom stereocenters. The van der Waals surface area contributed by atoms with Crippen molar-refractivity contribution in [3.8, 4) is 0 Å². The van der Waals surface area contributed by atoms with Gasteiger partial charge in [-0.3, -0.25) is 15.1 Å². The van der Waals surface area contributed by atoms with Gasteiger partial charge in [-0.15, -0.1) is 0 Å². The highest BCUT2D eigenvalue weighted by Gasteiger charge is 2.07. The van der Waals surface area contributed by atoms with E-state index in [0.29, 0.717) is 16.8 Å². The van der Waals surface area contributed by atoms with Gasteiger partial charge in [-0.05, 0) is 12.1 Å². The van der Waals surface area contributed by atoms with Gasteiger partial charge in [-0.1, -0.05) is 11.6 Å². The predicted octanol–water partition coefficient (Wildman–Crippen LogP) is 2.14. The third-order valence-electron chi connectivity index (χ3n) is 2.17. The number of nitrogens with zero attached hydrogens (tertiary/aromatic N) is 4. The lowest BCUT2D eigenvalue weighted by molar-refractivity contribution is 1.11. The van der Waals surface area contributed by atoms with Crippen molar-refractivity contribution in [3.05, 3.63) is 35.9 Å². The van der Waals surface area contributed by atoms with Crippen LogP contribution in [0.3, 0.4) is 0 Å². The maximum absolute atomic E-state index is 5.75. The zero-order valence-corrected chi connectivity index (χ0v) is 9.31.